The summed E-state index contributed by atoms with van der Waals surface area (Å²) in [6, 6.07) is 7.54. The molecule has 7 nitrogen and oxygen atoms in total. The first kappa shape index (κ1) is 19.7. The number of carbonyl (C=O) groups excluding carboxylic acids is 1. The Morgan fingerprint density at radius 1 is 1.32 bits per heavy atom. The summed E-state index contributed by atoms with van der Waals surface area (Å²) < 4.78 is 5.21. The van der Waals surface area contributed by atoms with Crippen molar-refractivity contribution in [1.82, 2.24) is 5.32 Å². The van der Waals surface area contributed by atoms with E-state index in [1.807, 2.05) is 0 Å². The van der Waals surface area contributed by atoms with E-state index in [0.29, 0.717) is 11.3 Å². The lowest BCUT2D eigenvalue weighted by Gasteiger charge is -2.33. The summed E-state index contributed by atoms with van der Waals surface area (Å²) in [5.74, 6) is -0.187. The second-order valence-electron chi connectivity index (χ2n) is 6.99. The monoisotopic (exact) mass is 383 g/mol. The molecule has 28 heavy (non-hydrogen) atoms. The third-order valence-electron chi connectivity index (χ3n) is 5.08. The second-order valence-corrected chi connectivity index (χ2v) is 6.99. The van der Waals surface area contributed by atoms with E-state index in [-0.39, 0.29) is 24.2 Å². The van der Waals surface area contributed by atoms with Gasteiger partial charge in [0.05, 0.1) is 17.4 Å². The number of para-hydroxylation sites is 2. The molecule has 1 unspecified atom stereocenters. The van der Waals surface area contributed by atoms with Crippen LogP contribution in [-0.2, 0) is 4.79 Å². The number of nitrogens with zero attached hydrogens (tertiary/aromatic N) is 2. The average molecular weight is 383 g/mol. The predicted octanol–water partition coefficient (Wildman–Crippen LogP) is 4.37. The van der Waals surface area contributed by atoms with Crippen molar-refractivity contribution in [3.05, 3.63) is 71.2 Å². The van der Waals surface area contributed by atoms with Crippen LogP contribution in [0.1, 0.15) is 43.7 Å². The van der Waals surface area contributed by atoms with Crippen LogP contribution in [0.25, 0.3) is 0 Å². The number of anilines is 1. The molecule has 0 saturated heterocycles. The van der Waals surface area contributed by atoms with Crippen LogP contribution in [0.2, 0.25) is 0 Å². The Labute approximate surface area is 164 Å². The molecule has 2 aromatic rings. The van der Waals surface area contributed by atoms with Gasteiger partial charge in [-0.1, -0.05) is 37.5 Å². The molecule has 1 aliphatic rings. The number of benzene rings is 1. The first-order valence-electron chi connectivity index (χ1n) is 9.55. The van der Waals surface area contributed by atoms with Gasteiger partial charge >= 0.3 is 0 Å². The fourth-order valence-corrected chi connectivity index (χ4v) is 3.77. The molecule has 1 saturated carbocycles. The Morgan fingerprint density at radius 3 is 2.71 bits per heavy atom. The normalized spacial score (nSPS) is 15.6. The van der Waals surface area contributed by atoms with Gasteiger partial charge in [0.25, 0.3) is 5.69 Å². The van der Waals surface area contributed by atoms with Gasteiger partial charge in [-0.2, -0.15) is 0 Å². The molecule has 7 heteroatoms. The fraction of sp³-hybridized carbons (Fsp3) is 0.381. The summed E-state index contributed by atoms with van der Waals surface area (Å²) in [6.45, 7) is 4.05. The predicted molar refractivity (Wildman–Crippen MR) is 107 cm³/mol. The van der Waals surface area contributed by atoms with E-state index in [1.54, 1.807) is 35.2 Å². The van der Waals surface area contributed by atoms with E-state index in [4.69, 9.17) is 4.42 Å². The zero-order chi connectivity index (χ0) is 19.9. The lowest BCUT2D eigenvalue weighted by atomic mass is 9.95. The summed E-state index contributed by atoms with van der Waals surface area (Å²) in [7, 11) is 0. The lowest BCUT2D eigenvalue weighted by Crippen LogP contribution is -2.45. The van der Waals surface area contributed by atoms with Crippen molar-refractivity contribution in [2.24, 2.45) is 0 Å². The van der Waals surface area contributed by atoms with E-state index >= 15 is 0 Å². The molecule has 1 atom stereocenters. The van der Waals surface area contributed by atoms with Gasteiger partial charge in [-0.3, -0.25) is 14.9 Å². The van der Waals surface area contributed by atoms with Crippen LogP contribution in [0.3, 0.4) is 0 Å². The third kappa shape index (κ3) is 4.42. The zero-order valence-corrected chi connectivity index (χ0v) is 15.8. The standard InChI is InChI=1S/C21H25N3O4/c1-2-13-23(18-10-6-7-11-19(18)24(26)27)20(16-12-14-28-15-16)21(25)22-17-8-4-3-5-9-17/h2,6-7,10-12,14-15,17,20H,1,3-5,8-9,13H2,(H,22,25). The molecule has 1 aromatic heterocycles. The minimum Gasteiger partial charge on any atom is -0.472 e. The molecule has 1 N–H and O–H groups in total. The Kier molecular flexibility index (Phi) is 6.47. The maximum Gasteiger partial charge on any atom is 0.292 e. The molecule has 0 radical (unpaired) electrons. The van der Waals surface area contributed by atoms with Crippen LogP contribution in [0, 0.1) is 10.1 Å². The van der Waals surface area contributed by atoms with Crippen LogP contribution < -0.4 is 10.2 Å². The Bertz CT molecular complexity index is 813. The van der Waals surface area contributed by atoms with Gasteiger partial charge in [-0.15, -0.1) is 6.58 Å². The number of hydrogen-bond donors (Lipinski definition) is 1. The summed E-state index contributed by atoms with van der Waals surface area (Å²) >= 11 is 0. The van der Waals surface area contributed by atoms with Crippen molar-refractivity contribution in [3.63, 3.8) is 0 Å². The quantitative estimate of drug-likeness (QED) is 0.415. The van der Waals surface area contributed by atoms with Gasteiger partial charge < -0.3 is 14.6 Å². The lowest BCUT2D eigenvalue weighted by molar-refractivity contribution is -0.384. The number of nitrogens with one attached hydrogen (secondary N) is 1. The Morgan fingerprint density at radius 2 is 2.07 bits per heavy atom. The molecule has 1 amide bonds. The van der Waals surface area contributed by atoms with Crippen LogP contribution in [0.4, 0.5) is 11.4 Å². The van der Waals surface area contributed by atoms with Gasteiger partial charge in [0.15, 0.2) is 0 Å². The van der Waals surface area contributed by atoms with Gasteiger partial charge in [-0.05, 0) is 25.0 Å². The summed E-state index contributed by atoms with van der Waals surface area (Å²) in [5, 5.41) is 14.7. The average Bonchev–Trinajstić information content (AvgIpc) is 3.22. The second kappa shape index (κ2) is 9.21. The van der Waals surface area contributed by atoms with Crippen molar-refractivity contribution in [2.45, 2.75) is 44.2 Å². The van der Waals surface area contributed by atoms with Crippen LogP contribution >= 0.6 is 0 Å². The smallest absolute Gasteiger partial charge is 0.292 e. The first-order valence-corrected chi connectivity index (χ1v) is 9.55. The topological polar surface area (TPSA) is 88.6 Å². The molecule has 0 aliphatic heterocycles. The molecule has 3 rings (SSSR count). The minimum absolute atomic E-state index is 0.0525. The number of hydrogen-bond acceptors (Lipinski definition) is 5. The fourth-order valence-electron chi connectivity index (χ4n) is 3.77. The maximum absolute atomic E-state index is 13.3. The molecule has 148 valence electrons. The molecule has 1 heterocycles. The van der Waals surface area contributed by atoms with E-state index < -0.39 is 11.0 Å². The summed E-state index contributed by atoms with van der Waals surface area (Å²) in [5.41, 5.74) is 0.967. The number of amides is 1. The highest BCUT2D eigenvalue weighted by molar-refractivity contribution is 5.88. The molecule has 0 bridgehead atoms. The van der Waals surface area contributed by atoms with E-state index in [9.17, 15) is 14.9 Å². The van der Waals surface area contributed by atoms with Crippen molar-refractivity contribution >= 4 is 17.3 Å². The van der Waals surface area contributed by atoms with Crippen molar-refractivity contribution < 1.29 is 14.1 Å². The molecule has 1 aliphatic carbocycles. The van der Waals surface area contributed by atoms with E-state index in [2.05, 4.69) is 11.9 Å². The summed E-state index contributed by atoms with van der Waals surface area (Å²) in [4.78, 5) is 26.1. The Balaban J connectivity index is 1.98. The first-order chi connectivity index (χ1) is 13.6. The number of nitro benzene ring substituents is 1. The number of carbonyl (C=O) groups is 1. The van der Waals surface area contributed by atoms with Crippen molar-refractivity contribution in [2.75, 3.05) is 11.4 Å². The SMILES string of the molecule is C=CCN(c1ccccc1[N+](=O)[O-])C(C(=O)NC1CCCCC1)c1ccoc1. The minimum atomic E-state index is -0.750. The van der Waals surface area contributed by atoms with Gasteiger partial charge in [0.2, 0.25) is 5.91 Å². The number of furan rings is 1. The van der Waals surface area contributed by atoms with Crippen molar-refractivity contribution in [3.8, 4) is 0 Å². The highest BCUT2D eigenvalue weighted by Crippen LogP contribution is 2.35. The number of nitro groups is 1. The molecule has 0 spiro atoms. The Hall–Kier alpha value is -3.09. The van der Waals surface area contributed by atoms with Crippen LogP contribution in [0.15, 0.2) is 59.9 Å². The molecule has 1 aromatic carbocycles. The van der Waals surface area contributed by atoms with Gasteiger partial charge in [0.1, 0.15) is 11.7 Å². The summed E-state index contributed by atoms with van der Waals surface area (Å²) in [6.07, 6.45) is 9.95. The maximum atomic E-state index is 13.3. The molecule has 1 fully saturated rings. The third-order valence-corrected chi connectivity index (χ3v) is 5.08. The molecular weight excluding hydrogens is 358 g/mol. The number of rotatable bonds is 8. The van der Waals surface area contributed by atoms with E-state index in [0.717, 1.165) is 25.7 Å². The highest BCUT2D eigenvalue weighted by Gasteiger charge is 2.33. The van der Waals surface area contributed by atoms with Crippen LogP contribution in [-0.4, -0.2) is 23.4 Å². The van der Waals surface area contributed by atoms with Crippen molar-refractivity contribution in [1.29, 1.82) is 0 Å². The van der Waals surface area contributed by atoms with E-state index in [1.165, 1.54) is 25.0 Å². The van der Waals surface area contributed by atoms with Crippen LogP contribution in [0.5, 0.6) is 0 Å². The highest BCUT2D eigenvalue weighted by atomic mass is 16.6. The van der Waals surface area contributed by atoms with Gasteiger partial charge in [-0.25, -0.2) is 0 Å². The largest absolute Gasteiger partial charge is 0.472 e. The molecular formula is C21H25N3O4. The van der Waals surface area contributed by atoms with Gasteiger partial charge in [0, 0.05) is 24.2 Å². The zero-order valence-electron chi connectivity index (χ0n) is 15.8.